The maximum atomic E-state index is 13.2. The van der Waals surface area contributed by atoms with Crippen molar-refractivity contribution in [1.29, 1.82) is 0 Å². The van der Waals surface area contributed by atoms with Gasteiger partial charge in [-0.3, -0.25) is 9.59 Å². The fraction of sp³-hybridized carbons (Fsp3) is 0.278. The van der Waals surface area contributed by atoms with E-state index < -0.39 is 23.5 Å². The number of halogens is 2. The van der Waals surface area contributed by atoms with Gasteiger partial charge in [0.2, 0.25) is 5.91 Å². The Morgan fingerprint density at radius 2 is 1.93 bits per heavy atom. The first kappa shape index (κ1) is 21.8. The van der Waals surface area contributed by atoms with Crippen molar-refractivity contribution in [3.8, 4) is 0 Å². The summed E-state index contributed by atoms with van der Waals surface area (Å²) in [4.78, 5) is 37.2. The molecule has 0 atom stereocenters. The Bertz CT molecular complexity index is 915. The lowest BCUT2D eigenvalue weighted by Gasteiger charge is -2.07. The van der Waals surface area contributed by atoms with Gasteiger partial charge in [0.05, 0.1) is 22.8 Å². The summed E-state index contributed by atoms with van der Waals surface area (Å²) in [6, 6.07) is 3.34. The SMILES string of the molecule is CCOC(=O)c1c(NC(=O)CSc2ccc(F)c(F)c2)sc(C(=O)NC)c1C. The lowest BCUT2D eigenvalue weighted by molar-refractivity contribution is -0.113. The summed E-state index contributed by atoms with van der Waals surface area (Å²) in [5.41, 5.74) is 0.531. The van der Waals surface area contributed by atoms with Crippen LogP contribution in [-0.4, -0.2) is 37.2 Å². The van der Waals surface area contributed by atoms with Crippen molar-refractivity contribution in [2.45, 2.75) is 18.7 Å². The van der Waals surface area contributed by atoms with Crippen LogP contribution < -0.4 is 10.6 Å². The molecule has 1 aromatic carbocycles. The molecule has 0 aliphatic heterocycles. The van der Waals surface area contributed by atoms with Gasteiger partial charge < -0.3 is 15.4 Å². The Balaban J connectivity index is 2.18. The van der Waals surface area contributed by atoms with Gasteiger partial charge >= 0.3 is 5.97 Å². The number of benzene rings is 1. The van der Waals surface area contributed by atoms with Gasteiger partial charge in [-0.2, -0.15) is 0 Å². The van der Waals surface area contributed by atoms with Gasteiger partial charge in [-0.25, -0.2) is 13.6 Å². The second-order valence-corrected chi connectivity index (χ2v) is 7.54. The number of ether oxygens (including phenoxy) is 1. The van der Waals surface area contributed by atoms with Gasteiger partial charge in [-0.1, -0.05) is 0 Å². The third-order valence-electron chi connectivity index (χ3n) is 3.57. The van der Waals surface area contributed by atoms with Crippen molar-refractivity contribution in [2.75, 3.05) is 24.7 Å². The predicted octanol–water partition coefficient (Wildman–Crippen LogP) is 3.60. The van der Waals surface area contributed by atoms with Crippen LogP contribution in [0.3, 0.4) is 0 Å². The van der Waals surface area contributed by atoms with Crippen molar-refractivity contribution in [1.82, 2.24) is 5.32 Å². The highest BCUT2D eigenvalue weighted by molar-refractivity contribution is 8.00. The Morgan fingerprint density at radius 3 is 2.54 bits per heavy atom. The van der Waals surface area contributed by atoms with Gasteiger partial charge in [0.15, 0.2) is 11.6 Å². The smallest absolute Gasteiger partial charge is 0.341 e. The third kappa shape index (κ3) is 5.08. The van der Waals surface area contributed by atoms with Crippen LogP contribution in [0.2, 0.25) is 0 Å². The number of thioether (sulfide) groups is 1. The van der Waals surface area contributed by atoms with E-state index in [-0.39, 0.29) is 33.7 Å². The molecule has 0 fully saturated rings. The molecule has 0 unspecified atom stereocenters. The molecule has 0 spiro atoms. The molecule has 10 heteroatoms. The summed E-state index contributed by atoms with van der Waals surface area (Å²) in [5, 5.41) is 5.28. The first-order valence-corrected chi connectivity index (χ1v) is 9.98. The fourth-order valence-electron chi connectivity index (χ4n) is 2.26. The highest BCUT2D eigenvalue weighted by Gasteiger charge is 2.26. The average molecular weight is 428 g/mol. The van der Waals surface area contributed by atoms with E-state index in [1.807, 2.05) is 0 Å². The van der Waals surface area contributed by atoms with E-state index in [2.05, 4.69) is 10.6 Å². The number of thiophene rings is 1. The maximum Gasteiger partial charge on any atom is 0.341 e. The number of carbonyl (C=O) groups excluding carboxylic acids is 3. The molecule has 0 aliphatic rings. The van der Waals surface area contributed by atoms with Crippen LogP contribution in [0, 0.1) is 18.6 Å². The second-order valence-electron chi connectivity index (χ2n) is 5.47. The van der Waals surface area contributed by atoms with Crippen molar-refractivity contribution < 1.29 is 27.9 Å². The summed E-state index contributed by atoms with van der Waals surface area (Å²) in [7, 11) is 1.46. The Hall–Kier alpha value is -2.46. The molecule has 0 aliphatic carbocycles. The molecular weight excluding hydrogens is 410 g/mol. The van der Waals surface area contributed by atoms with Crippen LogP contribution in [0.1, 0.15) is 32.5 Å². The zero-order valence-electron chi connectivity index (χ0n) is 15.4. The number of hydrogen-bond donors (Lipinski definition) is 2. The van der Waals surface area contributed by atoms with Crippen LogP contribution in [0.4, 0.5) is 13.8 Å². The van der Waals surface area contributed by atoms with E-state index in [0.717, 1.165) is 35.2 Å². The van der Waals surface area contributed by atoms with Crippen LogP contribution in [0.15, 0.2) is 23.1 Å². The number of hydrogen-bond acceptors (Lipinski definition) is 6. The largest absolute Gasteiger partial charge is 0.462 e. The van der Waals surface area contributed by atoms with Gasteiger partial charge in [-0.05, 0) is 37.6 Å². The molecule has 0 bridgehead atoms. The van der Waals surface area contributed by atoms with Crippen molar-refractivity contribution in [2.24, 2.45) is 0 Å². The number of nitrogens with one attached hydrogen (secondary N) is 2. The molecule has 0 radical (unpaired) electrons. The molecule has 2 rings (SSSR count). The minimum Gasteiger partial charge on any atom is -0.462 e. The van der Waals surface area contributed by atoms with E-state index in [0.29, 0.717) is 10.5 Å². The summed E-state index contributed by atoms with van der Waals surface area (Å²) in [5.74, 6) is -3.56. The van der Waals surface area contributed by atoms with E-state index in [1.165, 1.54) is 13.1 Å². The van der Waals surface area contributed by atoms with Gasteiger partial charge in [0.1, 0.15) is 5.00 Å². The molecule has 1 aromatic heterocycles. The molecule has 2 N–H and O–H groups in total. The molecule has 0 saturated carbocycles. The molecule has 1 heterocycles. The molecule has 0 saturated heterocycles. The van der Waals surface area contributed by atoms with E-state index >= 15 is 0 Å². The average Bonchev–Trinajstić information content (AvgIpc) is 2.98. The molecule has 2 aromatic rings. The lowest BCUT2D eigenvalue weighted by Crippen LogP contribution is -2.18. The molecule has 6 nitrogen and oxygen atoms in total. The van der Waals surface area contributed by atoms with Crippen molar-refractivity contribution in [3.63, 3.8) is 0 Å². The number of anilines is 1. The van der Waals surface area contributed by atoms with Crippen LogP contribution in [0.5, 0.6) is 0 Å². The first-order valence-electron chi connectivity index (χ1n) is 8.18. The lowest BCUT2D eigenvalue weighted by atomic mass is 10.1. The Labute approximate surface area is 168 Å². The number of rotatable bonds is 7. The maximum absolute atomic E-state index is 13.2. The van der Waals surface area contributed by atoms with E-state index in [9.17, 15) is 23.2 Å². The van der Waals surface area contributed by atoms with Crippen LogP contribution >= 0.6 is 23.1 Å². The zero-order chi connectivity index (χ0) is 20.8. The highest BCUT2D eigenvalue weighted by atomic mass is 32.2. The number of carbonyl (C=O) groups is 3. The molecule has 28 heavy (non-hydrogen) atoms. The number of esters is 1. The predicted molar refractivity (Wildman–Crippen MR) is 104 cm³/mol. The summed E-state index contributed by atoms with van der Waals surface area (Å²) >= 11 is 1.97. The summed E-state index contributed by atoms with van der Waals surface area (Å²) in [6.07, 6.45) is 0. The number of amides is 2. The minimum absolute atomic E-state index is 0.0976. The fourth-order valence-corrected chi connectivity index (χ4v) is 4.14. The van der Waals surface area contributed by atoms with E-state index in [4.69, 9.17) is 4.74 Å². The summed E-state index contributed by atoms with van der Waals surface area (Å²) < 4.78 is 31.2. The van der Waals surface area contributed by atoms with Gasteiger partial charge in [-0.15, -0.1) is 23.1 Å². The second kappa shape index (κ2) is 9.65. The van der Waals surface area contributed by atoms with Crippen LogP contribution in [0.25, 0.3) is 0 Å². The van der Waals surface area contributed by atoms with Crippen molar-refractivity contribution in [3.05, 3.63) is 45.8 Å². The molecular formula is C18H18F2N2O4S2. The zero-order valence-corrected chi connectivity index (χ0v) is 17.0. The minimum atomic E-state index is -1.00. The quantitative estimate of drug-likeness (QED) is 0.520. The highest BCUT2D eigenvalue weighted by Crippen LogP contribution is 2.34. The molecule has 2 amide bonds. The van der Waals surface area contributed by atoms with Crippen LogP contribution in [-0.2, 0) is 9.53 Å². The topological polar surface area (TPSA) is 84.5 Å². The normalized spacial score (nSPS) is 10.5. The van der Waals surface area contributed by atoms with Crippen molar-refractivity contribution >= 4 is 45.9 Å². The third-order valence-corrected chi connectivity index (χ3v) is 5.77. The molecule has 150 valence electrons. The summed E-state index contributed by atoms with van der Waals surface area (Å²) in [6.45, 7) is 3.39. The monoisotopic (exact) mass is 428 g/mol. The van der Waals surface area contributed by atoms with Gasteiger partial charge in [0, 0.05) is 11.9 Å². The van der Waals surface area contributed by atoms with E-state index in [1.54, 1.807) is 13.8 Å². The Morgan fingerprint density at radius 1 is 1.21 bits per heavy atom. The Kier molecular flexibility index (Phi) is 7.53. The first-order chi connectivity index (χ1) is 13.3. The standard InChI is InChI=1S/C18H18F2N2O4S2/c1-4-26-18(25)14-9(2)15(16(24)21-3)28-17(14)22-13(23)8-27-10-5-6-11(19)12(20)7-10/h5-7H,4,8H2,1-3H3,(H,21,24)(H,22,23). The van der Waals surface area contributed by atoms with Gasteiger partial charge in [0.25, 0.3) is 5.91 Å².